The SMILES string of the molecule is CN[C@H](CC(C)C)C(=O)N[C@H]1C(=O)N[C@@H](CC(N)=O)C(=O)N[C@H]2C(N)=N[C@H]3C(=O)N[C@H](C(=O)N[C@H](C(=O)O)C4=CC(O)CC(O)=C4C4CC3=CC=C4O)[C@H](O)C3=CC=C(Oc4cc2cc(c4O[C@H]2OC(CO)C(O)[C@@H]4c5cc(ccc5-c5ccc(Cl)cc5)CNC5(C)C[C@H](OC24)OC(C)[C@H]5O)OC2=C(Cl)C=C(CC2)[C@H]1O)C(Cl)C3. The van der Waals surface area contributed by atoms with Gasteiger partial charge in [-0.1, -0.05) is 79.5 Å². The van der Waals surface area contributed by atoms with E-state index >= 15 is 19.2 Å². The molecule has 6 amide bonds. The van der Waals surface area contributed by atoms with Crippen molar-refractivity contribution in [3.05, 3.63) is 169 Å². The number of hydrogen-bond donors (Lipinski definition) is 18. The maximum Gasteiger partial charge on any atom is 0.330 e. The van der Waals surface area contributed by atoms with Crippen LogP contribution in [0.15, 0.2) is 152 Å². The van der Waals surface area contributed by atoms with E-state index in [0.717, 1.165) is 12.2 Å². The van der Waals surface area contributed by atoms with Crippen LogP contribution in [0.2, 0.25) is 5.02 Å². The van der Waals surface area contributed by atoms with E-state index in [2.05, 4.69) is 37.2 Å². The first-order chi connectivity index (χ1) is 54.2. The number of carbonyl (C=O) groups excluding carboxylic acids is 6. The van der Waals surface area contributed by atoms with Crippen LogP contribution >= 0.6 is 34.8 Å². The number of allylic oxidation sites excluding steroid dienone is 9. The number of aliphatic imine (C=N–C) groups is 1. The van der Waals surface area contributed by atoms with Crippen LogP contribution in [0.4, 0.5) is 0 Å². The molecule has 3 saturated heterocycles. The molecule has 0 aromatic heterocycles. The van der Waals surface area contributed by atoms with Crippen molar-refractivity contribution in [2.75, 3.05) is 13.7 Å². The first-order valence-corrected chi connectivity index (χ1v) is 38.6. The number of amidine groups is 1. The highest BCUT2D eigenvalue weighted by atomic mass is 35.5. The third-order valence-corrected chi connectivity index (χ3v) is 23.2. The van der Waals surface area contributed by atoms with Crippen molar-refractivity contribution < 1.29 is 108 Å². The number of fused-ring (bicyclic) bond motifs is 20. The van der Waals surface area contributed by atoms with Gasteiger partial charge in [0.15, 0.2) is 29.9 Å². The molecule has 114 heavy (non-hydrogen) atoms. The first-order valence-electron chi connectivity index (χ1n) is 37.4. The van der Waals surface area contributed by atoms with Crippen LogP contribution in [0.1, 0.15) is 108 Å². The molecule has 8 heterocycles. The molecule has 12 aliphatic rings. The molecule has 3 aromatic carbocycles. The van der Waals surface area contributed by atoms with Gasteiger partial charge < -0.3 is 123 Å². The summed E-state index contributed by atoms with van der Waals surface area (Å²) in [6, 6.07) is 1.83. The van der Waals surface area contributed by atoms with Gasteiger partial charge in [0.05, 0.1) is 59.7 Å². The first kappa shape index (κ1) is 82.7. The van der Waals surface area contributed by atoms with Crippen molar-refractivity contribution >= 4 is 82.1 Å². The highest BCUT2D eigenvalue weighted by Gasteiger charge is 2.54. The Kier molecular flexibility index (Phi) is 24.6. The minimum atomic E-state index is -2.17. The van der Waals surface area contributed by atoms with E-state index in [1.54, 1.807) is 31.2 Å². The zero-order chi connectivity index (χ0) is 81.8. The number of nitrogens with two attached hydrogens (primary N) is 2. The highest BCUT2D eigenvalue weighted by molar-refractivity contribution is 6.31. The molecule has 15 bridgehead atoms. The molecule has 0 saturated carbocycles. The molecule has 0 spiro atoms. The number of ether oxygens (including phenoxy) is 6. The number of benzene rings is 3. The van der Waals surface area contributed by atoms with Crippen molar-refractivity contribution in [1.82, 2.24) is 37.2 Å². The van der Waals surface area contributed by atoms with E-state index in [4.69, 9.17) is 79.7 Å². The molecule has 3 fully saturated rings. The van der Waals surface area contributed by atoms with E-state index in [9.17, 15) is 60.3 Å². The summed E-state index contributed by atoms with van der Waals surface area (Å²) < 4.78 is 41.8. The van der Waals surface area contributed by atoms with Gasteiger partial charge in [-0.3, -0.25) is 33.8 Å². The third kappa shape index (κ3) is 17.1. The summed E-state index contributed by atoms with van der Waals surface area (Å²) in [6.07, 6.45) is -10.4. The van der Waals surface area contributed by atoms with Gasteiger partial charge in [-0.25, -0.2) is 4.79 Å². The predicted molar refractivity (Wildman–Crippen MR) is 410 cm³/mol. The second kappa shape index (κ2) is 33.9. The Hall–Kier alpha value is -9.23. The summed E-state index contributed by atoms with van der Waals surface area (Å²) in [5.41, 5.74) is 13.6. The average molecular weight is 1640 g/mol. The van der Waals surface area contributed by atoms with Crippen molar-refractivity contribution in [3.8, 4) is 28.4 Å². The Morgan fingerprint density at radius 1 is 0.825 bits per heavy atom. The fourth-order valence-corrected chi connectivity index (χ4v) is 17.0. The summed E-state index contributed by atoms with van der Waals surface area (Å²) in [7, 11) is 1.52. The number of amides is 6. The average Bonchev–Trinajstić information content (AvgIpc) is 1.16. The second-order valence-electron chi connectivity index (χ2n) is 30.7. The van der Waals surface area contributed by atoms with Gasteiger partial charge in [0.25, 0.3) is 0 Å². The van der Waals surface area contributed by atoms with Gasteiger partial charge in [-0.2, -0.15) is 0 Å². The lowest BCUT2D eigenvalue weighted by molar-refractivity contribution is -0.317. The number of alkyl halides is 1. The smallest absolute Gasteiger partial charge is 0.330 e. The van der Waals surface area contributed by atoms with E-state index in [1.165, 1.54) is 43.5 Å². The van der Waals surface area contributed by atoms with Gasteiger partial charge in [0.1, 0.15) is 71.7 Å². The largest absolute Gasteiger partial charge is 0.512 e. The van der Waals surface area contributed by atoms with Crippen LogP contribution < -0.4 is 62.9 Å². The number of carboxylic acid groups (broad SMARTS) is 1. The monoisotopic (exact) mass is 1640 g/mol. The number of nitrogens with one attached hydrogen (secondary N) is 7. The van der Waals surface area contributed by atoms with Crippen LogP contribution in [-0.2, 0) is 54.3 Å². The molecule has 35 heteroatoms. The highest BCUT2D eigenvalue weighted by Crippen LogP contribution is 2.51. The number of carboxylic acids is 1. The lowest BCUT2D eigenvalue weighted by atomic mass is 9.75. The number of likely N-dealkylation sites (N-methyl/N-ethyl adjacent to an activating group) is 1. The van der Waals surface area contributed by atoms with Crippen LogP contribution in [-0.4, -0.2) is 215 Å². The number of carbonyl (C=O) groups is 7. The third-order valence-electron chi connectivity index (χ3n) is 22.3. The number of aliphatic hydroxyl groups excluding tert-OH is 8. The number of primary amides is 1. The van der Waals surface area contributed by atoms with E-state index in [0.29, 0.717) is 27.3 Å². The second-order valence-corrected chi connectivity index (χ2v) is 32.1. The lowest BCUT2D eigenvalue weighted by Gasteiger charge is -2.49. The molecule has 0 radical (unpaired) electrons. The van der Waals surface area contributed by atoms with Gasteiger partial charge in [-0.05, 0) is 151 Å². The Morgan fingerprint density at radius 3 is 2.24 bits per heavy atom. The topological polar surface area (TPSA) is 506 Å². The minimum Gasteiger partial charge on any atom is -0.512 e. The molecule has 20 N–H and O–H groups in total. The number of aliphatic hydroxyl groups is 8. The predicted octanol–water partition coefficient (Wildman–Crippen LogP) is 2.81. The standard InChI is InChI=1S/C79H91Cl3N10O22/c1-31(2)18-47(85-5)72(102)91-63-65(98)36-10-16-51(45(81)21-36)110-53-23-38-24-54(68(53)114-78-69-59(67(100)55(30-93)112-78)42-19-33(6-14-41(42)34-7-12-39(80)13-8-34)29-86-79(4)28-57(113-69)109-32(3)70(79)101)111-52-17-11-37(22-46(52)82)66(99)64-76(106)90-62(77(107)108)44-25-40(94)26-50(96)58(44)43-20-35(9-15-49(43)95)61(74(104)92-64)88-71(84)60(38)89-73(103)48(27-56(83)97)87-75(63)105/h6-9,11-15,17,19,21,23-25,31-32,40,43,46-48,55,57,59-67,69-70,78,85-86,93-96,98-101H,10,16,18,20,22,26-30H2,1-5H3,(H2,83,97)(H2,84,88)(H,87,105)(H,89,103)(H,90,106)(H,91,102)(H,92,104)(H,107,108)/t32?,40?,43?,46?,47-,48+,55?,57+,59+,60-,61-,62+,63-,64+,65-,66-,67?,69?,70-,78-,79?/m1/s1. The number of rotatable bonds is 12. The maximum atomic E-state index is 15.7. The Morgan fingerprint density at radius 2 is 1.55 bits per heavy atom. The van der Waals surface area contributed by atoms with Crippen molar-refractivity contribution in [2.24, 2.45) is 28.3 Å². The van der Waals surface area contributed by atoms with Crippen molar-refractivity contribution in [1.29, 1.82) is 0 Å². The van der Waals surface area contributed by atoms with E-state index < -0.39 is 235 Å². The van der Waals surface area contributed by atoms with E-state index in [1.807, 2.05) is 39.0 Å². The van der Waals surface area contributed by atoms with Crippen LogP contribution in [0.5, 0.6) is 17.2 Å². The van der Waals surface area contributed by atoms with E-state index in [-0.39, 0.29) is 88.1 Å². The Balaban J connectivity index is 1.07. The molecule has 610 valence electrons. The summed E-state index contributed by atoms with van der Waals surface area (Å²) >= 11 is 21.2. The molecule has 8 unspecified atom stereocenters. The molecule has 32 nitrogen and oxygen atoms in total. The molecule has 15 rings (SSSR count). The zero-order valence-corrected chi connectivity index (χ0v) is 64.7. The van der Waals surface area contributed by atoms with Crippen molar-refractivity contribution in [3.63, 3.8) is 0 Å². The molecule has 3 aromatic rings. The van der Waals surface area contributed by atoms with Crippen LogP contribution in [0.25, 0.3) is 11.1 Å². The van der Waals surface area contributed by atoms with Gasteiger partial charge >= 0.3 is 5.97 Å². The summed E-state index contributed by atoms with van der Waals surface area (Å²) in [5, 5.41) is 125. The summed E-state index contributed by atoms with van der Waals surface area (Å²) in [6.45, 7) is 6.54. The fourth-order valence-electron chi connectivity index (χ4n) is 16.3. The normalized spacial score (nSPS) is 32.9. The zero-order valence-electron chi connectivity index (χ0n) is 62.4. The maximum absolute atomic E-state index is 15.7. The molecule has 8 aliphatic heterocycles. The van der Waals surface area contributed by atoms with Gasteiger partial charge in [-0.15, -0.1) is 11.6 Å². The number of aliphatic carboxylic acids is 1. The Labute approximate surface area is 669 Å². The molecule has 21 atom stereocenters. The summed E-state index contributed by atoms with van der Waals surface area (Å²) in [5.74, 6) is -14.8. The minimum absolute atomic E-state index is 0.0155. The molecular formula is C79H91Cl3N10O22. The molecule has 4 aliphatic carbocycles. The lowest BCUT2D eigenvalue weighted by Crippen LogP contribution is -2.63. The van der Waals surface area contributed by atoms with Crippen LogP contribution in [0, 0.1) is 11.8 Å². The Bertz CT molecular complexity index is 4660. The van der Waals surface area contributed by atoms with Gasteiger partial charge in [0.2, 0.25) is 47.5 Å². The number of halogens is 3. The van der Waals surface area contributed by atoms with Crippen molar-refractivity contribution in [2.45, 2.75) is 206 Å². The number of hydrogen-bond acceptors (Lipinski definition) is 25. The fraction of sp³-hybridized carbons (Fsp3) is 0.468. The quantitative estimate of drug-likeness (QED) is 0.116. The summed E-state index contributed by atoms with van der Waals surface area (Å²) in [4.78, 5) is 108. The van der Waals surface area contributed by atoms with Crippen LogP contribution in [0.3, 0.4) is 0 Å². The number of nitrogens with zero attached hydrogens (tertiary/aromatic N) is 1. The molecular weight excluding hydrogens is 1550 g/mol. The van der Waals surface area contributed by atoms with Gasteiger partial charge in [0, 0.05) is 53.8 Å².